The van der Waals surface area contributed by atoms with Gasteiger partial charge >= 0.3 is 13.3 Å². The third-order valence-corrected chi connectivity index (χ3v) is 5.28. The zero-order valence-corrected chi connectivity index (χ0v) is 13.3. The van der Waals surface area contributed by atoms with Gasteiger partial charge in [-0.15, -0.1) is 0 Å². The Morgan fingerprint density at radius 2 is 1.36 bits per heavy atom. The van der Waals surface area contributed by atoms with Crippen LogP contribution in [0.15, 0.2) is 24.3 Å². The molecule has 0 atom stereocenters. The molecule has 1 aromatic rings. The zero-order chi connectivity index (χ0) is 16.4. The van der Waals surface area contributed by atoms with Gasteiger partial charge < -0.3 is 9.31 Å². The maximum absolute atomic E-state index is 13.1. The summed E-state index contributed by atoms with van der Waals surface area (Å²) in [7, 11) is -0.542. The smallest absolute Gasteiger partial charge is 0.399 e. The molecule has 22 heavy (non-hydrogen) atoms. The molecule has 6 heteroatoms. The number of hydrogen-bond acceptors (Lipinski definition) is 2. The molecule has 2 aliphatic rings. The fraction of sp³-hybridized carbons (Fsp3) is 0.625. The van der Waals surface area contributed by atoms with Crippen molar-refractivity contribution in [3.8, 4) is 0 Å². The summed E-state index contributed by atoms with van der Waals surface area (Å²) < 4.78 is 51.2. The second-order valence-corrected chi connectivity index (χ2v) is 7.29. The summed E-state index contributed by atoms with van der Waals surface area (Å²) in [4.78, 5) is 0. The molecule has 1 aromatic carbocycles. The van der Waals surface area contributed by atoms with E-state index in [1.54, 1.807) is 24.3 Å². The Labute approximate surface area is 129 Å². The van der Waals surface area contributed by atoms with Crippen LogP contribution in [0.5, 0.6) is 0 Å². The predicted octanol–water partition coefficient (Wildman–Crippen LogP) is 3.58. The van der Waals surface area contributed by atoms with Crippen LogP contribution in [0, 0.1) is 0 Å². The highest BCUT2D eigenvalue weighted by Gasteiger charge is 2.64. The lowest BCUT2D eigenvalue weighted by atomic mass is 9.78. The van der Waals surface area contributed by atoms with Crippen molar-refractivity contribution < 1.29 is 22.5 Å². The molecular formula is C16H20BF3O2. The number of halogens is 3. The lowest BCUT2D eigenvalue weighted by molar-refractivity contribution is -0.160. The van der Waals surface area contributed by atoms with Crippen molar-refractivity contribution in [2.75, 3.05) is 0 Å². The molecule has 0 unspecified atom stereocenters. The van der Waals surface area contributed by atoms with Crippen molar-refractivity contribution in [3.63, 3.8) is 0 Å². The van der Waals surface area contributed by atoms with Gasteiger partial charge in [0.05, 0.1) is 16.6 Å². The SMILES string of the molecule is CC1(C)OB(c2ccc(C3(C(F)(F)F)CC3)cc2)OC1(C)C. The van der Waals surface area contributed by atoms with Crippen LogP contribution in [0.1, 0.15) is 46.1 Å². The third kappa shape index (κ3) is 2.28. The van der Waals surface area contributed by atoms with Crippen LogP contribution in [0.3, 0.4) is 0 Å². The molecule has 2 fully saturated rings. The summed E-state index contributed by atoms with van der Waals surface area (Å²) in [6.07, 6.45) is -3.84. The minimum atomic E-state index is -4.18. The average Bonchev–Trinajstić information content (AvgIpc) is 3.14. The normalized spacial score (nSPS) is 25.3. The van der Waals surface area contributed by atoms with E-state index in [0.717, 1.165) is 5.46 Å². The second kappa shape index (κ2) is 4.51. The van der Waals surface area contributed by atoms with E-state index in [2.05, 4.69) is 0 Å². The van der Waals surface area contributed by atoms with E-state index in [0.29, 0.717) is 5.56 Å². The minimum Gasteiger partial charge on any atom is -0.399 e. The van der Waals surface area contributed by atoms with Gasteiger partial charge in [0.2, 0.25) is 0 Å². The number of alkyl halides is 3. The molecule has 1 aliphatic carbocycles. The molecule has 0 bridgehead atoms. The molecule has 2 nitrogen and oxygen atoms in total. The Morgan fingerprint density at radius 3 is 1.73 bits per heavy atom. The lowest BCUT2D eigenvalue weighted by Gasteiger charge is -2.32. The molecule has 0 N–H and O–H groups in total. The first-order valence-electron chi connectivity index (χ1n) is 7.51. The highest BCUT2D eigenvalue weighted by molar-refractivity contribution is 6.62. The van der Waals surface area contributed by atoms with Gasteiger partial charge in [-0.1, -0.05) is 24.3 Å². The predicted molar refractivity (Wildman–Crippen MR) is 79.1 cm³/mol. The summed E-state index contributed by atoms with van der Waals surface area (Å²) >= 11 is 0. The Morgan fingerprint density at radius 1 is 0.909 bits per heavy atom. The molecule has 0 amide bonds. The third-order valence-electron chi connectivity index (χ3n) is 5.28. The number of rotatable bonds is 2. The number of hydrogen-bond donors (Lipinski definition) is 0. The zero-order valence-electron chi connectivity index (χ0n) is 13.3. The van der Waals surface area contributed by atoms with E-state index in [1.807, 2.05) is 27.7 Å². The Kier molecular flexibility index (Phi) is 3.25. The van der Waals surface area contributed by atoms with Gasteiger partial charge in [0, 0.05) is 0 Å². The molecular weight excluding hydrogens is 292 g/mol. The summed E-state index contributed by atoms with van der Waals surface area (Å²) in [5.41, 5.74) is -1.47. The largest absolute Gasteiger partial charge is 0.494 e. The summed E-state index contributed by atoms with van der Waals surface area (Å²) in [5, 5.41) is 0. The van der Waals surface area contributed by atoms with Crippen LogP contribution in [-0.2, 0) is 14.7 Å². The van der Waals surface area contributed by atoms with Crippen molar-refractivity contribution in [3.05, 3.63) is 29.8 Å². The summed E-state index contributed by atoms with van der Waals surface area (Å²) in [6, 6.07) is 6.48. The molecule has 120 valence electrons. The van der Waals surface area contributed by atoms with Crippen LogP contribution < -0.4 is 5.46 Å². The van der Waals surface area contributed by atoms with Crippen molar-refractivity contribution >= 4 is 12.6 Å². The Balaban J connectivity index is 1.82. The van der Waals surface area contributed by atoms with Crippen LogP contribution in [0.2, 0.25) is 0 Å². The van der Waals surface area contributed by atoms with Crippen molar-refractivity contribution in [1.29, 1.82) is 0 Å². The van der Waals surface area contributed by atoms with Gasteiger partial charge in [0.1, 0.15) is 0 Å². The fourth-order valence-electron chi connectivity index (χ4n) is 2.80. The van der Waals surface area contributed by atoms with E-state index in [4.69, 9.17) is 9.31 Å². The minimum absolute atomic E-state index is 0.173. The van der Waals surface area contributed by atoms with E-state index in [1.165, 1.54) is 0 Å². The summed E-state index contributed by atoms with van der Waals surface area (Å²) in [6.45, 7) is 7.79. The Bertz CT molecular complexity index is 558. The van der Waals surface area contributed by atoms with Gasteiger partial charge in [-0.25, -0.2) is 0 Å². The highest BCUT2D eigenvalue weighted by Crippen LogP contribution is 2.58. The average molecular weight is 312 g/mol. The van der Waals surface area contributed by atoms with Crippen LogP contribution in [-0.4, -0.2) is 24.5 Å². The first kappa shape index (κ1) is 15.9. The molecule has 0 radical (unpaired) electrons. The maximum atomic E-state index is 13.1. The van der Waals surface area contributed by atoms with Gasteiger partial charge in [-0.05, 0) is 51.6 Å². The van der Waals surface area contributed by atoms with E-state index < -0.39 is 29.9 Å². The first-order valence-corrected chi connectivity index (χ1v) is 7.51. The van der Waals surface area contributed by atoms with Crippen LogP contribution in [0.4, 0.5) is 13.2 Å². The Hall–Kier alpha value is -1.01. The summed E-state index contributed by atoms with van der Waals surface area (Å²) in [5.74, 6) is 0. The molecule has 1 heterocycles. The van der Waals surface area contributed by atoms with Crippen molar-refractivity contribution in [1.82, 2.24) is 0 Å². The van der Waals surface area contributed by atoms with Gasteiger partial charge in [0.25, 0.3) is 0 Å². The van der Waals surface area contributed by atoms with E-state index in [-0.39, 0.29) is 12.8 Å². The first-order chi connectivity index (χ1) is 9.99. The molecule has 3 rings (SSSR count). The molecule has 0 aromatic heterocycles. The lowest BCUT2D eigenvalue weighted by Crippen LogP contribution is -2.41. The molecule has 1 saturated carbocycles. The topological polar surface area (TPSA) is 18.5 Å². The monoisotopic (exact) mass is 312 g/mol. The van der Waals surface area contributed by atoms with Crippen LogP contribution in [0.25, 0.3) is 0 Å². The van der Waals surface area contributed by atoms with Gasteiger partial charge in [-0.2, -0.15) is 13.2 Å². The van der Waals surface area contributed by atoms with Crippen LogP contribution >= 0.6 is 0 Å². The van der Waals surface area contributed by atoms with Gasteiger partial charge in [0.15, 0.2) is 0 Å². The van der Waals surface area contributed by atoms with Gasteiger partial charge in [-0.3, -0.25) is 0 Å². The van der Waals surface area contributed by atoms with Crippen molar-refractivity contribution in [2.24, 2.45) is 0 Å². The highest BCUT2D eigenvalue weighted by atomic mass is 19.4. The maximum Gasteiger partial charge on any atom is 0.494 e. The quantitative estimate of drug-likeness (QED) is 0.777. The second-order valence-electron chi connectivity index (χ2n) is 7.29. The molecule has 1 saturated heterocycles. The molecule has 1 aliphatic heterocycles. The van der Waals surface area contributed by atoms with Crippen molar-refractivity contribution in [2.45, 2.75) is 63.3 Å². The van der Waals surface area contributed by atoms with E-state index in [9.17, 15) is 13.2 Å². The fourth-order valence-corrected chi connectivity index (χ4v) is 2.80. The van der Waals surface area contributed by atoms with E-state index >= 15 is 0 Å². The molecule has 0 spiro atoms. The number of benzene rings is 1. The standard InChI is InChI=1S/C16H20BF3O2/c1-13(2)14(3,4)22-17(21-13)12-7-5-11(6-8-12)15(9-10-15)16(18,19)20/h5-8H,9-10H2,1-4H3.